The van der Waals surface area contributed by atoms with Gasteiger partial charge in [0.1, 0.15) is 0 Å². The summed E-state index contributed by atoms with van der Waals surface area (Å²) in [6.07, 6.45) is 0.569. The molecule has 1 atom stereocenters. The van der Waals surface area contributed by atoms with Crippen molar-refractivity contribution in [2.24, 2.45) is 0 Å². The molecule has 1 aromatic rings. The van der Waals surface area contributed by atoms with Crippen molar-refractivity contribution in [1.29, 1.82) is 0 Å². The molecule has 1 aromatic carbocycles. The van der Waals surface area contributed by atoms with Gasteiger partial charge in [-0.15, -0.1) is 0 Å². The highest BCUT2D eigenvalue weighted by molar-refractivity contribution is 5.27. The Morgan fingerprint density at radius 3 is 2.53 bits per heavy atom. The zero-order chi connectivity index (χ0) is 14.3. The molecule has 0 aromatic heterocycles. The lowest BCUT2D eigenvalue weighted by Gasteiger charge is -2.18. The lowest BCUT2D eigenvalue weighted by Crippen LogP contribution is -2.20. The van der Waals surface area contributed by atoms with E-state index in [4.69, 9.17) is 9.47 Å². The Morgan fingerprint density at radius 1 is 1.16 bits per heavy atom. The minimum absolute atomic E-state index is 0.266. The Kier molecular flexibility index (Phi) is 6.91. The summed E-state index contributed by atoms with van der Waals surface area (Å²) in [7, 11) is 3.32. The first-order chi connectivity index (χ1) is 9.11. The Hall–Kier alpha value is -1.04. The van der Waals surface area contributed by atoms with Gasteiger partial charge in [-0.1, -0.05) is 12.1 Å². The van der Waals surface area contributed by atoms with Crippen molar-refractivity contribution in [3.8, 4) is 0 Å². The molecular formula is C14H21F2NO2. The van der Waals surface area contributed by atoms with Gasteiger partial charge in [-0.2, -0.15) is 0 Å². The average molecular weight is 273 g/mol. The van der Waals surface area contributed by atoms with Crippen molar-refractivity contribution in [2.45, 2.75) is 19.4 Å². The van der Waals surface area contributed by atoms with Crippen LogP contribution in [0, 0.1) is 18.6 Å². The molecule has 19 heavy (non-hydrogen) atoms. The molecule has 0 fully saturated rings. The van der Waals surface area contributed by atoms with Crippen molar-refractivity contribution in [1.82, 2.24) is 5.32 Å². The third-order valence-electron chi connectivity index (χ3n) is 3.01. The summed E-state index contributed by atoms with van der Waals surface area (Å²) >= 11 is 0. The standard InChI is InChI=1S/C14H21F2NO2/c1-10-4-5-11(14(16)13(10)15)12(17-2)6-7-19-9-8-18-3/h4-5,12,17H,6-9H2,1-3H3. The van der Waals surface area contributed by atoms with Crippen molar-refractivity contribution < 1.29 is 18.3 Å². The fraction of sp³-hybridized carbons (Fsp3) is 0.571. The lowest BCUT2D eigenvalue weighted by atomic mass is 10.0. The molecule has 0 spiro atoms. The molecule has 0 heterocycles. The molecule has 0 saturated carbocycles. The van der Waals surface area contributed by atoms with Gasteiger partial charge in [0, 0.05) is 25.3 Å². The van der Waals surface area contributed by atoms with Gasteiger partial charge in [-0.3, -0.25) is 0 Å². The number of halogens is 2. The maximum Gasteiger partial charge on any atom is 0.163 e. The normalized spacial score (nSPS) is 12.7. The average Bonchev–Trinajstić information content (AvgIpc) is 2.41. The van der Waals surface area contributed by atoms with Crippen LogP contribution in [0.2, 0.25) is 0 Å². The molecule has 0 bridgehead atoms. The van der Waals surface area contributed by atoms with Crippen LogP contribution in [0.5, 0.6) is 0 Å². The summed E-state index contributed by atoms with van der Waals surface area (Å²) in [6.45, 7) is 3.03. The first-order valence-electron chi connectivity index (χ1n) is 6.30. The number of hydrogen-bond acceptors (Lipinski definition) is 3. The molecule has 3 nitrogen and oxygen atoms in total. The van der Waals surface area contributed by atoms with Crippen LogP contribution in [-0.4, -0.2) is 34.0 Å². The number of rotatable bonds is 8. The summed E-state index contributed by atoms with van der Waals surface area (Å²) in [5.41, 5.74) is 0.647. The van der Waals surface area contributed by atoms with Gasteiger partial charge >= 0.3 is 0 Å². The third-order valence-corrected chi connectivity index (χ3v) is 3.01. The fourth-order valence-corrected chi connectivity index (χ4v) is 1.83. The van der Waals surface area contributed by atoms with Crippen molar-refractivity contribution >= 4 is 0 Å². The van der Waals surface area contributed by atoms with Gasteiger partial charge in [0.2, 0.25) is 0 Å². The number of nitrogens with one attached hydrogen (secondary N) is 1. The molecule has 0 amide bonds. The SMILES string of the molecule is CNC(CCOCCOC)c1ccc(C)c(F)c1F. The van der Waals surface area contributed by atoms with Gasteiger partial charge in [0.05, 0.1) is 13.2 Å². The Bertz CT molecular complexity index is 399. The van der Waals surface area contributed by atoms with Gasteiger partial charge < -0.3 is 14.8 Å². The van der Waals surface area contributed by atoms with Crippen LogP contribution >= 0.6 is 0 Å². The summed E-state index contributed by atoms with van der Waals surface area (Å²) in [4.78, 5) is 0. The lowest BCUT2D eigenvalue weighted by molar-refractivity contribution is 0.0659. The molecule has 1 N–H and O–H groups in total. The smallest absolute Gasteiger partial charge is 0.163 e. The van der Waals surface area contributed by atoms with E-state index >= 15 is 0 Å². The first kappa shape index (κ1) is 16.0. The molecule has 0 aliphatic carbocycles. The number of benzene rings is 1. The Balaban J connectivity index is 2.62. The van der Waals surface area contributed by atoms with Crippen LogP contribution in [0.3, 0.4) is 0 Å². The minimum Gasteiger partial charge on any atom is -0.382 e. The summed E-state index contributed by atoms with van der Waals surface area (Å²) in [6, 6.07) is 2.94. The maximum absolute atomic E-state index is 13.9. The van der Waals surface area contributed by atoms with E-state index in [0.29, 0.717) is 37.4 Å². The molecule has 1 unspecified atom stereocenters. The maximum atomic E-state index is 13.9. The molecule has 5 heteroatoms. The van der Waals surface area contributed by atoms with E-state index in [9.17, 15) is 8.78 Å². The fourth-order valence-electron chi connectivity index (χ4n) is 1.83. The Labute approximate surface area is 112 Å². The zero-order valence-corrected chi connectivity index (χ0v) is 11.6. The van der Waals surface area contributed by atoms with Crippen molar-refractivity contribution in [2.75, 3.05) is 34.0 Å². The molecular weight excluding hydrogens is 252 g/mol. The number of aryl methyl sites for hydroxylation is 1. The second-order valence-electron chi connectivity index (χ2n) is 4.33. The topological polar surface area (TPSA) is 30.5 Å². The molecule has 0 aliphatic heterocycles. The van der Waals surface area contributed by atoms with E-state index in [1.165, 1.54) is 0 Å². The second kappa shape index (κ2) is 8.19. The molecule has 0 aliphatic rings. The minimum atomic E-state index is -0.781. The van der Waals surface area contributed by atoms with E-state index in [2.05, 4.69) is 5.32 Å². The van der Waals surface area contributed by atoms with Crippen molar-refractivity contribution in [3.63, 3.8) is 0 Å². The van der Waals surface area contributed by atoms with Crippen LogP contribution < -0.4 is 5.32 Å². The highest BCUT2D eigenvalue weighted by Crippen LogP contribution is 2.23. The van der Waals surface area contributed by atoms with Crippen LogP contribution in [0.15, 0.2) is 12.1 Å². The van der Waals surface area contributed by atoms with Crippen LogP contribution in [0.4, 0.5) is 8.78 Å². The molecule has 0 saturated heterocycles. The summed E-state index contributed by atoms with van der Waals surface area (Å²) in [5, 5.41) is 2.98. The largest absolute Gasteiger partial charge is 0.382 e. The summed E-state index contributed by atoms with van der Waals surface area (Å²) in [5.74, 6) is -1.56. The third kappa shape index (κ3) is 4.53. The number of ether oxygens (including phenoxy) is 2. The monoisotopic (exact) mass is 273 g/mol. The zero-order valence-electron chi connectivity index (χ0n) is 11.6. The van der Waals surface area contributed by atoms with Gasteiger partial charge in [0.25, 0.3) is 0 Å². The van der Waals surface area contributed by atoms with Crippen molar-refractivity contribution in [3.05, 3.63) is 34.9 Å². The summed E-state index contributed by atoms with van der Waals surface area (Å²) < 4.78 is 37.6. The van der Waals surface area contributed by atoms with E-state index in [1.807, 2.05) is 0 Å². The van der Waals surface area contributed by atoms with Crippen LogP contribution in [0.25, 0.3) is 0 Å². The van der Waals surface area contributed by atoms with E-state index in [0.717, 1.165) is 0 Å². The first-order valence-corrected chi connectivity index (χ1v) is 6.30. The predicted molar refractivity (Wildman–Crippen MR) is 70.2 cm³/mol. The van der Waals surface area contributed by atoms with E-state index < -0.39 is 11.6 Å². The molecule has 0 radical (unpaired) electrons. The highest BCUT2D eigenvalue weighted by Gasteiger charge is 2.18. The second-order valence-corrected chi connectivity index (χ2v) is 4.33. The van der Waals surface area contributed by atoms with Crippen LogP contribution in [-0.2, 0) is 9.47 Å². The van der Waals surface area contributed by atoms with Gasteiger partial charge in [0.15, 0.2) is 11.6 Å². The quantitative estimate of drug-likeness (QED) is 0.738. The van der Waals surface area contributed by atoms with Gasteiger partial charge in [-0.25, -0.2) is 8.78 Å². The van der Waals surface area contributed by atoms with Crippen LogP contribution in [0.1, 0.15) is 23.6 Å². The van der Waals surface area contributed by atoms with E-state index in [1.54, 1.807) is 33.2 Å². The highest BCUT2D eigenvalue weighted by atomic mass is 19.2. The Morgan fingerprint density at radius 2 is 1.89 bits per heavy atom. The molecule has 108 valence electrons. The van der Waals surface area contributed by atoms with Gasteiger partial charge in [-0.05, 0) is 26.0 Å². The number of hydrogen-bond donors (Lipinski definition) is 1. The predicted octanol–water partition coefficient (Wildman–Crippen LogP) is 2.59. The molecule has 1 rings (SSSR count). The number of methoxy groups -OCH3 is 1. The van der Waals surface area contributed by atoms with E-state index in [-0.39, 0.29) is 6.04 Å².